The van der Waals surface area contributed by atoms with Gasteiger partial charge in [-0.2, -0.15) is 0 Å². The fraction of sp³-hybridized carbons (Fsp3) is 0.0833. The SMILES string of the molecule is COC(=O)c1nc(C(O)c2ccccc2)c2cc(Oc3ccccc3)ccc2c1O. The van der Waals surface area contributed by atoms with Crippen LogP contribution in [0.15, 0.2) is 78.9 Å². The zero-order valence-electron chi connectivity index (χ0n) is 16.1. The van der Waals surface area contributed by atoms with Crippen molar-refractivity contribution in [2.24, 2.45) is 0 Å². The van der Waals surface area contributed by atoms with E-state index in [1.54, 1.807) is 42.5 Å². The largest absolute Gasteiger partial charge is 0.505 e. The van der Waals surface area contributed by atoms with Crippen molar-refractivity contribution in [2.75, 3.05) is 7.11 Å². The number of aliphatic hydroxyl groups is 1. The molecule has 30 heavy (non-hydrogen) atoms. The minimum Gasteiger partial charge on any atom is -0.505 e. The highest BCUT2D eigenvalue weighted by molar-refractivity contribution is 6.00. The lowest BCUT2D eigenvalue weighted by Crippen LogP contribution is -2.11. The quantitative estimate of drug-likeness (QED) is 0.475. The molecule has 0 aliphatic heterocycles. The van der Waals surface area contributed by atoms with Crippen molar-refractivity contribution in [3.8, 4) is 17.2 Å². The highest BCUT2D eigenvalue weighted by Gasteiger charge is 2.24. The van der Waals surface area contributed by atoms with Crippen LogP contribution < -0.4 is 4.74 Å². The molecule has 0 spiro atoms. The van der Waals surface area contributed by atoms with Crippen LogP contribution in [0.5, 0.6) is 17.2 Å². The molecule has 3 aromatic carbocycles. The number of pyridine rings is 1. The number of fused-ring (bicyclic) bond motifs is 1. The lowest BCUT2D eigenvalue weighted by molar-refractivity contribution is 0.0590. The average molecular weight is 401 g/mol. The molecule has 0 amide bonds. The Balaban J connectivity index is 1.90. The van der Waals surface area contributed by atoms with E-state index in [2.05, 4.69) is 4.98 Å². The van der Waals surface area contributed by atoms with Crippen molar-refractivity contribution >= 4 is 16.7 Å². The molecule has 1 aromatic heterocycles. The van der Waals surface area contributed by atoms with Crippen molar-refractivity contribution < 1.29 is 24.5 Å². The number of hydrogen-bond donors (Lipinski definition) is 2. The van der Waals surface area contributed by atoms with Gasteiger partial charge in [0.15, 0.2) is 11.4 Å². The predicted octanol–water partition coefficient (Wildman–Crippen LogP) is 4.60. The molecular formula is C24H19NO5. The third-order valence-electron chi connectivity index (χ3n) is 4.71. The number of carbonyl (C=O) groups excluding carboxylic acids is 1. The Hall–Kier alpha value is -3.90. The van der Waals surface area contributed by atoms with Gasteiger partial charge >= 0.3 is 5.97 Å². The van der Waals surface area contributed by atoms with Gasteiger partial charge < -0.3 is 19.7 Å². The van der Waals surface area contributed by atoms with Gasteiger partial charge in [-0.25, -0.2) is 9.78 Å². The number of aromatic nitrogens is 1. The molecule has 0 saturated carbocycles. The molecule has 6 nitrogen and oxygen atoms in total. The van der Waals surface area contributed by atoms with Crippen molar-refractivity contribution in [1.29, 1.82) is 0 Å². The second-order valence-corrected chi connectivity index (χ2v) is 6.62. The lowest BCUT2D eigenvalue weighted by Gasteiger charge is -2.17. The maximum absolute atomic E-state index is 12.1. The summed E-state index contributed by atoms with van der Waals surface area (Å²) < 4.78 is 10.6. The molecule has 0 aliphatic rings. The maximum atomic E-state index is 12.1. The van der Waals surface area contributed by atoms with Gasteiger partial charge in [0.25, 0.3) is 0 Å². The van der Waals surface area contributed by atoms with Gasteiger partial charge in [-0.1, -0.05) is 48.5 Å². The fourth-order valence-corrected chi connectivity index (χ4v) is 3.23. The number of benzene rings is 3. The van der Waals surface area contributed by atoms with Gasteiger partial charge in [0.1, 0.15) is 17.6 Å². The van der Waals surface area contributed by atoms with E-state index in [0.717, 1.165) is 0 Å². The molecule has 1 heterocycles. The number of rotatable bonds is 5. The number of esters is 1. The van der Waals surface area contributed by atoms with E-state index in [-0.39, 0.29) is 17.1 Å². The minimum atomic E-state index is -1.12. The van der Waals surface area contributed by atoms with Crippen molar-refractivity contribution in [3.05, 3.63) is 95.8 Å². The van der Waals surface area contributed by atoms with Crippen LogP contribution in [-0.4, -0.2) is 28.3 Å². The lowest BCUT2D eigenvalue weighted by atomic mass is 9.99. The summed E-state index contributed by atoms with van der Waals surface area (Å²) in [7, 11) is 1.21. The van der Waals surface area contributed by atoms with E-state index in [4.69, 9.17) is 9.47 Å². The molecule has 0 fully saturated rings. The van der Waals surface area contributed by atoms with E-state index in [9.17, 15) is 15.0 Å². The standard InChI is InChI=1S/C24H19NO5/c1-29-24(28)21-23(27)18-13-12-17(30-16-10-6-3-7-11-16)14-19(18)20(25-21)22(26)15-8-4-2-5-9-15/h2-14,22,26-27H,1H3. The Kier molecular flexibility index (Phi) is 5.32. The summed E-state index contributed by atoms with van der Waals surface area (Å²) in [5, 5.41) is 22.4. The Bertz CT molecular complexity index is 1190. The fourth-order valence-electron chi connectivity index (χ4n) is 3.23. The Morgan fingerprint density at radius 1 is 0.900 bits per heavy atom. The minimum absolute atomic E-state index is 0.216. The zero-order chi connectivity index (χ0) is 21.1. The Morgan fingerprint density at radius 2 is 1.57 bits per heavy atom. The van der Waals surface area contributed by atoms with E-state index < -0.39 is 12.1 Å². The summed E-state index contributed by atoms with van der Waals surface area (Å²) in [5.74, 6) is 0.0419. The first-order valence-corrected chi connectivity index (χ1v) is 9.29. The summed E-state index contributed by atoms with van der Waals surface area (Å²) in [6.07, 6.45) is -1.12. The molecule has 4 aromatic rings. The monoisotopic (exact) mass is 401 g/mol. The van der Waals surface area contributed by atoms with Crippen molar-refractivity contribution in [3.63, 3.8) is 0 Å². The highest BCUT2D eigenvalue weighted by Crippen LogP contribution is 2.37. The molecule has 1 atom stereocenters. The Labute approximate surface area is 173 Å². The first-order chi connectivity index (χ1) is 14.6. The highest BCUT2D eigenvalue weighted by atomic mass is 16.5. The second-order valence-electron chi connectivity index (χ2n) is 6.62. The van der Waals surface area contributed by atoms with E-state index in [1.807, 2.05) is 36.4 Å². The van der Waals surface area contributed by atoms with Gasteiger partial charge in [-0.05, 0) is 35.9 Å². The van der Waals surface area contributed by atoms with Crippen LogP contribution in [0.2, 0.25) is 0 Å². The van der Waals surface area contributed by atoms with Gasteiger partial charge in [0, 0.05) is 10.8 Å². The summed E-state index contributed by atoms with van der Waals surface area (Å²) >= 11 is 0. The van der Waals surface area contributed by atoms with Crippen LogP contribution in [-0.2, 0) is 4.74 Å². The van der Waals surface area contributed by atoms with Crippen LogP contribution in [0, 0.1) is 0 Å². The molecule has 0 bridgehead atoms. The molecular weight excluding hydrogens is 382 g/mol. The number of methoxy groups -OCH3 is 1. The van der Waals surface area contributed by atoms with Crippen LogP contribution in [0.4, 0.5) is 0 Å². The molecule has 0 aliphatic carbocycles. The number of aliphatic hydroxyl groups excluding tert-OH is 1. The van der Waals surface area contributed by atoms with Gasteiger partial charge in [-0.3, -0.25) is 0 Å². The van der Waals surface area contributed by atoms with E-state index >= 15 is 0 Å². The molecule has 0 saturated heterocycles. The van der Waals surface area contributed by atoms with E-state index in [0.29, 0.717) is 27.8 Å². The molecule has 2 N–H and O–H groups in total. The normalized spacial score (nSPS) is 11.8. The van der Waals surface area contributed by atoms with E-state index in [1.165, 1.54) is 7.11 Å². The summed E-state index contributed by atoms with van der Waals surface area (Å²) in [5.41, 5.74) is 0.557. The topological polar surface area (TPSA) is 88.9 Å². The van der Waals surface area contributed by atoms with Crippen LogP contribution in [0.3, 0.4) is 0 Å². The number of hydrogen-bond acceptors (Lipinski definition) is 6. The zero-order valence-corrected chi connectivity index (χ0v) is 16.1. The summed E-state index contributed by atoms with van der Waals surface area (Å²) in [4.78, 5) is 16.4. The number of carbonyl (C=O) groups is 1. The van der Waals surface area contributed by atoms with Crippen LogP contribution in [0.1, 0.15) is 27.8 Å². The van der Waals surface area contributed by atoms with Gasteiger partial charge in [0.05, 0.1) is 12.8 Å². The van der Waals surface area contributed by atoms with Gasteiger partial charge in [-0.15, -0.1) is 0 Å². The molecule has 4 rings (SSSR count). The maximum Gasteiger partial charge on any atom is 0.360 e. The van der Waals surface area contributed by atoms with Gasteiger partial charge in [0.2, 0.25) is 0 Å². The van der Waals surface area contributed by atoms with Crippen LogP contribution in [0.25, 0.3) is 10.8 Å². The number of ether oxygens (including phenoxy) is 2. The van der Waals surface area contributed by atoms with Crippen LogP contribution >= 0.6 is 0 Å². The first-order valence-electron chi connectivity index (χ1n) is 9.29. The molecule has 0 radical (unpaired) electrons. The molecule has 150 valence electrons. The third-order valence-corrected chi connectivity index (χ3v) is 4.71. The summed E-state index contributed by atoms with van der Waals surface area (Å²) in [6.45, 7) is 0. The van der Waals surface area contributed by atoms with Crippen molar-refractivity contribution in [2.45, 2.75) is 6.10 Å². The van der Waals surface area contributed by atoms with Crippen molar-refractivity contribution in [1.82, 2.24) is 4.98 Å². The second kappa shape index (κ2) is 8.23. The molecule has 6 heteroatoms. The predicted molar refractivity (Wildman–Crippen MR) is 112 cm³/mol. The number of nitrogens with zero attached hydrogens (tertiary/aromatic N) is 1. The first kappa shape index (κ1) is 19.4. The smallest absolute Gasteiger partial charge is 0.360 e. The molecule has 1 unspecified atom stereocenters. The summed E-state index contributed by atoms with van der Waals surface area (Å²) in [6, 6.07) is 23.2. The third kappa shape index (κ3) is 3.68. The average Bonchev–Trinajstić information content (AvgIpc) is 2.79. The number of para-hydroxylation sites is 1. The Morgan fingerprint density at radius 3 is 2.23 bits per heavy atom. The number of aromatic hydroxyl groups is 1.